The van der Waals surface area contributed by atoms with Gasteiger partial charge in [-0.05, 0) is 37.9 Å². The molecule has 2 saturated heterocycles. The summed E-state index contributed by atoms with van der Waals surface area (Å²) in [6.07, 6.45) is 2.77. The van der Waals surface area contributed by atoms with Crippen LogP contribution in [-0.4, -0.2) is 40.6 Å². The number of hydrogen-bond donors (Lipinski definition) is 2. The van der Waals surface area contributed by atoms with Gasteiger partial charge in [-0.2, -0.15) is 0 Å². The molecule has 18 heavy (non-hydrogen) atoms. The fourth-order valence-electron chi connectivity index (χ4n) is 3.37. The second-order valence-electron chi connectivity index (χ2n) is 5.21. The van der Waals surface area contributed by atoms with Crippen LogP contribution in [0.2, 0.25) is 0 Å². The summed E-state index contributed by atoms with van der Waals surface area (Å²) in [4.78, 5) is 14.1. The molecule has 1 aromatic carbocycles. The van der Waals surface area contributed by atoms with E-state index in [9.17, 15) is 9.90 Å². The molecule has 4 nitrogen and oxygen atoms in total. The van der Waals surface area contributed by atoms with Crippen LogP contribution in [0.4, 0.5) is 5.69 Å². The van der Waals surface area contributed by atoms with Crippen molar-refractivity contribution in [1.82, 2.24) is 4.90 Å². The monoisotopic (exact) mass is 246 g/mol. The standard InChI is InChI=1S/C14H18N2O2/c17-13(18)14(15-11-5-2-1-3-6-11)8-10-16-9-4-7-12(14)16/h1-3,5-6,12,15H,4,7-10H2,(H,17,18). The van der Waals surface area contributed by atoms with Crippen molar-refractivity contribution in [3.05, 3.63) is 30.3 Å². The van der Waals surface area contributed by atoms with Crippen LogP contribution in [0.15, 0.2) is 30.3 Å². The van der Waals surface area contributed by atoms with E-state index < -0.39 is 11.5 Å². The summed E-state index contributed by atoms with van der Waals surface area (Å²) < 4.78 is 0. The molecule has 0 spiro atoms. The first kappa shape index (κ1) is 11.5. The fraction of sp³-hybridized carbons (Fsp3) is 0.500. The first-order chi connectivity index (χ1) is 8.72. The van der Waals surface area contributed by atoms with Crippen LogP contribution >= 0.6 is 0 Å². The third kappa shape index (κ3) is 1.68. The number of carboxylic acids is 1. The Morgan fingerprint density at radius 3 is 2.83 bits per heavy atom. The van der Waals surface area contributed by atoms with Crippen molar-refractivity contribution < 1.29 is 9.90 Å². The number of rotatable bonds is 3. The Labute approximate surface area is 107 Å². The average Bonchev–Trinajstić information content (AvgIpc) is 2.94. The Balaban J connectivity index is 1.90. The summed E-state index contributed by atoms with van der Waals surface area (Å²) in [5.41, 5.74) is 0.0892. The number of para-hydroxylation sites is 1. The topological polar surface area (TPSA) is 52.6 Å². The number of anilines is 1. The number of benzene rings is 1. The van der Waals surface area contributed by atoms with E-state index in [4.69, 9.17) is 0 Å². The predicted octanol–water partition coefficient (Wildman–Crippen LogP) is 1.79. The van der Waals surface area contributed by atoms with Crippen molar-refractivity contribution in [1.29, 1.82) is 0 Å². The lowest BCUT2D eigenvalue weighted by Gasteiger charge is -2.33. The van der Waals surface area contributed by atoms with Crippen molar-refractivity contribution in [3.8, 4) is 0 Å². The second kappa shape index (κ2) is 4.28. The number of fused-ring (bicyclic) bond motifs is 1. The van der Waals surface area contributed by atoms with E-state index in [2.05, 4.69) is 10.2 Å². The van der Waals surface area contributed by atoms with E-state index in [0.29, 0.717) is 6.42 Å². The van der Waals surface area contributed by atoms with Gasteiger partial charge in [0.15, 0.2) is 5.54 Å². The zero-order valence-corrected chi connectivity index (χ0v) is 10.3. The third-order valence-electron chi connectivity index (χ3n) is 4.25. The van der Waals surface area contributed by atoms with Gasteiger partial charge in [-0.3, -0.25) is 4.90 Å². The van der Waals surface area contributed by atoms with Gasteiger partial charge in [0.05, 0.1) is 0 Å². The highest BCUT2D eigenvalue weighted by Gasteiger charge is 2.54. The van der Waals surface area contributed by atoms with E-state index in [1.54, 1.807) is 0 Å². The van der Waals surface area contributed by atoms with E-state index in [1.807, 2.05) is 30.3 Å². The van der Waals surface area contributed by atoms with E-state index >= 15 is 0 Å². The summed E-state index contributed by atoms with van der Waals surface area (Å²) in [5, 5.41) is 13.0. The molecule has 4 heteroatoms. The summed E-state index contributed by atoms with van der Waals surface area (Å²) >= 11 is 0. The van der Waals surface area contributed by atoms with Gasteiger partial charge in [-0.15, -0.1) is 0 Å². The van der Waals surface area contributed by atoms with Crippen LogP contribution in [0.3, 0.4) is 0 Å². The third-order valence-corrected chi connectivity index (χ3v) is 4.25. The minimum Gasteiger partial charge on any atom is -0.479 e. The van der Waals surface area contributed by atoms with Crippen LogP contribution < -0.4 is 5.32 Å². The predicted molar refractivity (Wildman–Crippen MR) is 69.6 cm³/mol. The van der Waals surface area contributed by atoms with Crippen LogP contribution in [0.25, 0.3) is 0 Å². The molecule has 2 aliphatic rings. The lowest BCUT2D eigenvalue weighted by atomic mass is 9.88. The summed E-state index contributed by atoms with van der Waals surface area (Å²) in [6, 6.07) is 9.80. The van der Waals surface area contributed by atoms with Crippen LogP contribution in [-0.2, 0) is 4.79 Å². The molecular weight excluding hydrogens is 228 g/mol. The maximum absolute atomic E-state index is 11.8. The summed E-state index contributed by atoms with van der Waals surface area (Å²) in [6.45, 7) is 1.92. The van der Waals surface area contributed by atoms with Gasteiger partial charge in [-0.25, -0.2) is 4.79 Å². The molecule has 3 rings (SSSR count). The molecule has 2 unspecified atom stereocenters. The summed E-state index contributed by atoms with van der Waals surface area (Å²) in [5.74, 6) is -0.722. The van der Waals surface area contributed by atoms with Gasteiger partial charge in [0.25, 0.3) is 0 Å². The molecule has 2 fully saturated rings. The highest BCUT2D eigenvalue weighted by Crippen LogP contribution is 2.38. The van der Waals surface area contributed by atoms with Crippen molar-refractivity contribution in [2.45, 2.75) is 30.8 Å². The van der Waals surface area contributed by atoms with E-state index in [0.717, 1.165) is 31.6 Å². The highest BCUT2D eigenvalue weighted by molar-refractivity contribution is 5.84. The van der Waals surface area contributed by atoms with E-state index in [1.165, 1.54) is 0 Å². The van der Waals surface area contributed by atoms with Gasteiger partial charge in [-0.1, -0.05) is 18.2 Å². The second-order valence-corrected chi connectivity index (χ2v) is 5.21. The Bertz CT molecular complexity index is 448. The number of nitrogens with zero attached hydrogens (tertiary/aromatic N) is 1. The lowest BCUT2D eigenvalue weighted by Crippen LogP contribution is -2.54. The number of aliphatic carboxylic acids is 1. The van der Waals surface area contributed by atoms with Crippen molar-refractivity contribution >= 4 is 11.7 Å². The fourth-order valence-corrected chi connectivity index (χ4v) is 3.37. The molecular formula is C14H18N2O2. The minimum absolute atomic E-state index is 0.134. The first-order valence-corrected chi connectivity index (χ1v) is 6.53. The van der Waals surface area contributed by atoms with Crippen LogP contribution in [0.1, 0.15) is 19.3 Å². The number of carbonyl (C=O) groups is 1. The largest absolute Gasteiger partial charge is 0.479 e. The SMILES string of the molecule is O=C(O)C1(Nc2ccccc2)CCN2CCCC21. The molecule has 96 valence electrons. The molecule has 2 N–H and O–H groups in total. The summed E-state index contributed by atoms with van der Waals surface area (Å²) in [7, 11) is 0. The molecule has 2 aliphatic heterocycles. The molecule has 2 heterocycles. The van der Waals surface area contributed by atoms with Crippen molar-refractivity contribution in [3.63, 3.8) is 0 Å². The van der Waals surface area contributed by atoms with Gasteiger partial charge in [0.1, 0.15) is 0 Å². The molecule has 0 aromatic heterocycles. The molecule has 1 aromatic rings. The number of nitrogens with one attached hydrogen (secondary N) is 1. The van der Waals surface area contributed by atoms with Crippen molar-refractivity contribution in [2.75, 3.05) is 18.4 Å². The van der Waals surface area contributed by atoms with Crippen molar-refractivity contribution in [2.24, 2.45) is 0 Å². The van der Waals surface area contributed by atoms with Gasteiger partial charge >= 0.3 is 5.97 Å². The zero-order chi connectivity index (χ0) is 12.6. The molecule has 0 aliphatic carbocycles. The quantitative estimate of drug-likeness (QED) is 0.853. The molecule has 0 saturated carbocycles. The Hall–Kier alpha value is -1.55. The normalized spacial score (nSPS) is 31.2. The van der Waals surface area contributed by atoms with E-state index in [-0.39, 0.29) is 6.04 Å². The Morgan fingerprint density at radius 2 is 2.11 bits per heavy atom. The lowest BCUT2D eigenvalue weighted by molar-refractivity contribution is -0.143. The maximum atomic E-state index is 11.8. The van der Waals surface area contributed by atoms with Gasteiger partial charge in [0, 0.05) is 18.3 Å². The highest BCUT2D eigenvalue weighted by atomic mass is 16.4. The Morgan fingerprint density at radius 1 is 1.33 bits per heavy atom. The number of carboxylic acid groups (broad SMARTS) is 1. The smallest absolute Gasteiger partial charge is 0.331 e. The van der Waals surface area contributed by atoms with Gasteiger partial charge < -0.3 is 10.4 Å². The zero-order valence-electron chi connectivity index (χ0n) is 10.3. The Kier molecular flexibility index (Phi) is 2.74. The molecule has 0 amide bonds. The van der Waals surface area contributed by atoms with Gasteiger partial charge in [0.2, 0.25) is 0 Å². The average molecular weight is 246 g/mol. The maximum Gasteiger partial charge on any atom is 0.331 e. The first-order valence-electron chi connectivity index (χ1n) is 6.53. The number of hydrogen-bond acceptors (Lipinski definition) is 3. The van der Waals surface area contributed by atoms with Crippen LogP contribution in [0, 0.1) is 0 Å². The molecule has 2 atom stereocenters. The molecule has 0 bridgehead atoms. The minimum atomic E-state index is -0.808. The molecule has 0 radical (unpaired) electrons. The van der Waals surface area contributed by atoms with Crippen LogP contribution in [0.5, 0.6) is 0 Å².